The molecule has 2 heterocycles. The topological polar surface area (TPSA) is 31.4 Å². The van der Waals surface area contributed by atoms with Gasteiger partial charge in [-0.1, -0.05) is 6.92 Å². The van der Waals surface area contributed by atoms with Crippen LogP contribution in [0.2, 0.25) is 0 Å². The van der Waals surface area contributed by atoms with Crippen molar-refractivity contribution in [3.05, 3.63) is 18.3 Å². The average molecular weight is 234 g/mol. The molecule has 1 saturated heterocycles. The minimum Gasteiger partial charge on any atom is -0.385 e. The summed E-state index contributed by atoms with van der Waals surface area (Å²) in [7, 11) is 2.17. The Balaban J connectivity index is 2.00. The zero-order valence-corrected chi connectivity index (χ0v) is 10.8. The molecular weight excluding hydrogens is 212 g/mol. The number of rotatable bonds is 4. The predicted octanol–water partition coefficient (Wildman–Crippen LogP) is 1.66. The van der Waals surface area contributed by atoms with E-state index < -0.39 is 0 Å². The highest BCUT2D eigenvalue weighted by Gasteiger charge is 2.15. The van der Waals surface area contributed by atoms with Crippen molar-refractivity contribution in [2.75, 3.05) is 50.0 Å². The molecule has 17 heavy (non-hydrogen) atoms. The van der Waals surface area contributed by atoms with Crippen molar-refractivity contribution in [2.45, 2.75) is 13.3 Å². The van der Waals surface area contributed by atoms with E-state index in [1.807, 2.05) is 12.3 Å². The molecule has 0 bridgehead atoms. The van der Waals surface area contributed by atoms with E-state index in [0.717, 1.165) is 45.0 Å². The van der Waals surface area contributed by atoms with Crippen LogP contribution in [0.15, 0.2) is 18.3 Å². The Kier molecular flexibility index (Phi) is 4.20. The third kappa shape index (κ3) is 3.33. The van der Waals surface area contributed by atoms with Crippen LogP contribution in [-0.2, 0) is 0 Å². The predicted molar refractivity (Wildman–Crippen MR) is 72.7 cm³/mol. The fourth-order valence-electron chi connectivity index (χ4n) is 2.01. The van der Waals surface area contributed by atoms with Crippen molar-refractivity contribution in [1.29, 1.82) is 0 Å². The fraction of sp³-hybridized carbons (Fsp3) is 0.615. The second kappa shape index (κ2) is 5.87. The van der Waals surface area contributed by atoms with Gasteiger partial charge in [-0.05, 0) is 19.5 Å². The number of likely N-dealkylation sites (N-methyl/N-ethyl adjacent to an activating group) is 1. The highest BCUT2D eigenvalue weighted by atomic mass is 15.3. The summed E-state index contributed by atoms with van der Waals surface area (Å²) in [5.41, 5.74) is 1.18. The van der Waals surface area contributed by atoms with Gasteiger partial charge in [-0.15, -0.1) is 0 Å². The summed E-state index contributed by atoms with van der Waals surface area (Å²) in [5, 5.41) is 3.41. The van der Waals surface area contributed by atoms with Crippen molar-refractivity contribution in [2.24, 2.45) is 0 Å². The van der Waals surface area contributed by atoms with Gasteiger partial charge < -0.3 is 15.1 Å². The molecule has 0 amide bonds. The Morgan fingerprint density at radius 1 is 1.29 bits per heavy atom. The Morgan fingerprint density at radius 3 is 2.76 bits per heavy atom. The molecular formula is C13H22N4. The van der Waals surface area contributed by atoms with Crippen molar-refractivity contribution in [3.8, 4) is 0 Å². The number of anilines is 2. The first-order valence-electron chi connectivity index (χ1n) is 6.43. The van der Waals surface area contributed by atoms with Gasteiger partial charge in [-0.2, -0.15) is 0 Å². The summed E-state index contributed by atoms with van der Waals surface area (Å²) >= 11 is 0. The minimum atomic E-state index is 1.02. The van der Waals surface area contributed by atoms with Crippen LogP contribution in [-0.4, -0.2) is 49.7 Å². The Labute approximate surface area is 104 Å². The number of nitrogens with zero attached hydrogens (tertiary/aromatic N) is 3. The molecule has 94 valence electrons. The van der Waals surface area contributed by atoms with Crippen LogP contribution < -0.4 is 10.2 Å². The van der Waals surface area contributed by atoms with Crippen LogP contribution in [0, 0.1) is 0 Å². The first-order valence-corrected chi connectivity index (χ1v) is 6.43. The molecule has 2 rings (SSSR count). The fourth-order valence-corrected chi connectivity index (χ4v) is 2.01. The van der Waals surface area contributed by atoms with Gasteiger partial charge in [-0.25, -0.2) is 4.98 Å². The zero-order chi connectivity index (χ0) is 12.1. The van der Waals surface area contributed by atoms with Gasteiger partial charge >= 0.3 is 0 Å². The molecule has 0 aliphatic carbocycles. The number of hydrogen-bond acceptors (Lipinski definition) is 4. The number of pyridine rings is 1. The quantitative estimate of drug-likeness (QED) is 0.858. The number of nitrogens with one attached hydrogen (secondary N) is 1. The molecule has 0 unspecified atom stereocenters. The maximum absolute atomic E-state index is 4.46. The van der Waals surface area contributed by atoms with E-state index in [-0.39, 0.29) is 0 Å². The van der Waals surface area contributed by atoms with E-state index in [0.29, 0.717) is 0 Å². The highest BCUT2D eigenvalue weighted by molar-refractivity contribution is 5.53. The van der Waals surface area contributed by atoms with Crippen LogP contribution in [0.5, 0.6) is 0 Å². The number of aromatic nitrogens is 1. The van der Waals surface area contributed by atoms with Gasteiger partial charge in [-0.3, -0.25) is 0 Å². The van der Waals surface area contributed by atoms with E-state index in [1.54, 1.807) is 0 Å². The van der Waals surface area contributed by atoms with Gasteiger partial charge in [0.25, 0.3) is 0 Å². The Morgan fingerprint density at radius 2 is 2.06 bits per heavy atom. The van der Waals surface area contributed by atoms with Gasteiger partial charge in [0, 0.05) is 50.7 Å². The maximum atomic E-state index is 4.46. The third-order valence-electron chi connectivity index (χ3n) is 3.15. The molecule has 0 spiro atoms. The van der Waals surface area contributed by atoms with E-state index in [1.165, 1.54) is 5.69 Å². The SMILES string of the molecule is CCCNc1ccnc(N2CCN(C)CC2)c1. The lowest BCUT2D eigenvalue weighted by Crippen LogP contribution is -2.44. The Bertz CT molecular complexity index is 345. The van der Waals surface area contributed by atoms with Crippen LogP contribution in [0.25, 0.3) is 0 Å². The summed E-state index contributed by atoms with van der Waals surface area (Å²) in [5.74, 6) is 1.10. The van der Waals surface area contributed by atoms with Crippen molar-refractivity contribution in [3.63, 3.8) is 0 Å². The molecule has 1 aromatic heterocycles. The lowest BCUT2D eigenvalue weighted by atomic mass is 10.3. The third-order valence-corrected chi connectivity index (χ3v) is 3.15. The molecule has 1 fully saturated rings. The van der Waals surface area contributed by atoms with E-state index in [2.05, 4.69) is 40.1 Å². The number of piperazine rings is 1. The van der Waals surface area contributed by atoms with Gasteiger partial charge in [0.2, 0.25) is 0 Å². The lowest BCUT2D eigenvalue weighted by molar-refractivity contribution is 0.312. The lowest BCUT2D eigenvalue weighted by Gasteiger charge is -2.33. The van der Waals surface area contributed by atoms with Crippen LogP contribution in [0.1, 0.15) is 13.3 Å². The summed E-state index contributed by atoms with van der Waals surface area (Å²) in [4.78, 5) is 9.18. The molecule has 1 N–H and O–H groups in total. The maximum Gasteiger partial charge on any atom is 0.130 e. The van der Waals surface area contributed by atoms with Gasteiger partial charge in [0.05, 0.1) is 0 Å². The van der Waals surface area contributed by atoms with Crippen LogP contribution >= 0.6 is 0 Å². The number of hydrogen-bond donors (Lipinski definition) is 1. The monoisotopic (exact) mass is 234 g/mol. The molecule has 0 atom stereocenters. The normalized spacial score (nSPS) is 17.2. The van der Waals surface area contributed by atoms with Crippen molar-refractivity contribution in [1.82, 2.24) is 9.88 Å². The molecule has 4 nitrogen and oxygen atoms in total. The highest BCUT2D eigenvalue weighted by Crippen LogP contribution is 2.17. The summed E-state index contributed by atoms with van der Waals surface area (Å²) in [6, 6.07) is 4.19. The second-order valence-electron chi connectivity index (χ2n) is 4.62. The minimum absolute atomic E-state index is 1.02. The van der Waals surface area contributed by atoms with Crippen molar-refractivity contribution < 1.29 is 0 Å². The smallest absolute Gasteiger partial charge is 0.130 e. The average Bonchev–Trinajstić information content (AvgIpc) is 2.37. The zero-order valence-electron chi connectivity index (χ0n) is 10.8. The standard InChI is InChI=1S/C13H22N4/c1-3-5-14-12-4-6-15-13(11-12)17-9-7-16(2)8-10-17/h4,6,11H,3,5,7-10H2,1-2H3,(H,14,15). The van der Waals surface area contributed by atoms with E-state index >= 15 is 0 Å². The van der Waals surface area contributed by atoms with Gasteiger partial charge in [0.1, 0.15) is 5.82 Å². The molecule has 1 aliphatic rings. The van der Waals surface area contributed by atoms with Crippen LogP contribution in [0.3, 0.4) is 0 Å². The Hall–Kier alpha value is -1.29. The molecule has 4 heteroatoms. The van der Waals surface area contributed by atoms with E-state index in [4.69, 9.17) is 0 Å². The van der Waals surface area contributed by atoms with E-state index in [9.17, 15) is 0 Å². The first-order chi connectivity index (χ1) is 8.29. The molecule has 0 saturated carbocycles. The van der Waals surface area contributed by atoms with Crippen LogP contribution in [0.4, 0.5) is 11.5 Å². The van der Waals surface area contributed by atoms with Crippen molar-refractivity contribution >= 4 is 11.5 Å². The summed E-state index contributed by atoms with van der Waals surface area (Å²) < 4.78 is 0. The van der Waals surface area contributed by atoms with Gasteiger partial charge in [0.15, 0.2) is 0 Å². The largest absolute Gasteiger partial charge is 0.385 e. The summed E-state index contributed by atoms with van der Waals surface area (Å²) in [6.45, 7) is 7.58. The first kappa shape index (κ1) is 12.2. The molecule has 1 aliphatic heterocycles. The molecule has 1 aromatic rings. The summed E-state index contributed by atoms with van der Waals surface area (Å²) in [6.07, 6.45) is 3.04. The molecule has 0 aromatic carbocycles. The second-order valence-corrected chi connectivity index (χ2v) is 4.62. The molecule has 0 radical (unpaired) electrons.